The Balaban J connectivity index is 1.91. The summed E-state index contributed by atoms with van der Waals surface area (Å²) in [7, 11) is 1.97. The number of hydrogen-bond acceptors (Lipinski definition) is 2. The van der Waals surface area contributed by atoms with Gasteiger partial charge in [0.15, 0.2) is 0 Å². The fourth-order valence-electron chi connectivity index (χ4n) is 1.79. The van der Waals surface area contributed by atoms with Crippen LogP contribution in [0.4, 0.5) is 0 Å². The minimum absolute atomic E-state index is 0.592. The molecule has 19 heavy (non-hydrogen) atoms. The first-order valence-electron chi connectivity index (χ1n) is 6.39. The van der Waals surface area contributed by atoms with Gasteiger partial charge in [0.1, 0.15) is 12.4 Å². The molecule has 3 heteroatoms. The zero-order chi connectivity index (χ0) is 13.5. The molecule has 1 N–H and O–H groups in total. The Morgan fingerprint density at radius 1 is 1.00 bits per heavy atom. The highest BCUT2D eigenvalue weighted by molar-refractivity contribution is 9.10. The van der Waals surface area contributed by atoms with Crippen molar-refractivity contribution in [1.82, 2.24) is 5.32 Å². The molecule has 0 unspecified atom stereocenters. The van der Waals surface area contributed by atoms with Crippen LogP contribution in [-0.2, 0) is 13.0 Å². The number of para-hydroxylation sites is 1. The fraction of sp³-hybridized carbons (Fsp3) is 0.250. The molecule has 0 saturated carbocycles. The van der Waals surface area contributed by atoms with Gasteiger partial charge in [-0.15, -0.1) is 0 Å². The summed E-state index contributed by atoms with van der Waals surface area (Å²) in [6, 6.07) is 16.5. The number of ether oxygens (including phenoxy) is 1. The molecule has 0 spiro atoms. The maximum Gasteiger partial charge on any atom is 0.133 e. The third-order valence-electron chi connectivity index (χ3n) is 2.92. The molecule has 0 fully saturated rings. The predicted molar refractivity (Wildman–Crippen MR) is 82.5 cm³/mol. The van der Waals surface area contributed by atoms with E-state index in [1.54, 1.807) is 0 Å². The van der Waals surface area contributed by atoms with E-state index >= 15 is 0 Å². The third kappa shape index (κ3) is 4.37. The molecule has 100 valence electrons. The largest absolute Gasteiger partial charge is 0.488 e. The summed E-state index contributed by atoms with van der Waals surface area (Å²) in [4.78, 5) is 0. The van der Waals surface area contributed by atoms with Crippen molar-refractivity contribution in [3.8, 4) is 5.75 Å². The summed E-state index contributed by atoms with van der Waals surface area (Å²) in [6.07, 6.45) is 1.06. The predicted octanol–water partition coefficient (Wildman–Crippen LogP) is 3.79. The second kappa shape index (κ2) is 7.31. The topological polar surface area (TPSA) is 21.3 Å². The Kier molecular flexibility index (Phi) is 5.43. The van der Waals surface area contributed by atoms with E-state index in [-0.39, 0.29) is 0 Å². The Morgan fingerprint density at radius 3 is 2.37 bits per heavy atom. The molecule has 0 radical (unpaired) electrons. The fourth-order valence-corrected chi connectivity index (χ4v) is 2.19. The van der Waals surface area contributed by atoms with Gasteiger partial charge >= 0.3 is 0 Å². The van der Waals surface area contributed by atoms with Crippen LogP contribution in [0.2, 0.25) is 0 Å². The maximum atomic E-state index is 5.78. The molecule has 0 amide bonds. The van der Waals surface area contributed by atoms with Gasteiger partial charge < -0.3 is 10.1 Å². The standard InChI is InChI=1S/C16H18BrNO/c1-18-11-10-13-6-8-14(9-7-13)12-19-16-5-3-2-4-15(16)17/h2-9,18H,10-12H2,1H3. The van der Waals surface area contributed by atoms with Gasteiger partial charge in [-0.2, -0.15) is 0 Å². The highest BCUT2D eigenvalue weighted by Gasteiger charge is 2.00. The summed E-state index contributed by atoms with van der Waals surface area (Å²) in [5.41, 5.74) is 2.53. The Labute approximate surface area is 122 Å². The van der Waals surface area contributed by atoms with E-state index < -0.39 is 0 Å². The van der Waals surface area contributed by atoms with Gasteiger partial charge in [-0.1, -0.05) is 36.4 Å². The number of likely N-dealkylation sites (N-methyl/N-ethyl adjacent to an activating group) is 1. The van der Waals surface area contributed by atoms with Gasteiger partial charge in [0.25, 0.3) is 0 Å². The second-order valence-corrected chi connectivity index (χ2v) is 5.24. The lowest BCUT2D eigenvalue weighted by atomic mass is 10.1. The maximum absolute atomic E-state index is 5.78. The molecule has 0 atom stereocenters. The van der Waals surface area contributed by atoms with Gasteiger partial charge in [-0.3, -0.25) is 0 Å². The number of benzene rings is 2. The Morgan fingerprint density at radius 2 is 1.68 bits per heavy atom. The van der Waals surface area contributed by atoms with E-state index in [0.29, 0.717) is 6.61 Å². The molecule has 0 aliphatic carbocycles. The normalized spacial score (nSPS) is 10.4. The van der Waals surface area contributed by atoms with Crippen molar-refractivity contribution in [1.29, 1.82) is 0 Å². The van der Waals surface area contributed by atoms with Gasteiger partial charge in [0.05, 0.1) is 4.47 Å². The van der Waals surface area contributed by atoms with Crippen molar-refractivity contribution in [3.05, 3.63) is 64.1 Å². The van der Waals surface area contributed by atoms with Crippen LogP contribution in [0.5, 0.6) is 5.75 Å². The summed E-state index contributed by atoms with van der Waals surface area (Å²) < 4.78 is 6.77. The molecule has 0 aliphatic rings. The average molecular weight is 320 g/mol. The van der Waals surface area contributed by atoms with E-state index in [2.05, 4.69) is 45.5 Å². The van der Waals surface area contributed by atoms with Crippen LogP contribution in [0, 0.1) is 0 Å². The molecule has 2 aromatic rings. The minimum Gasteiger partial charge on any atom is -0.488 e. The highest BCUT2D eigenvalue weighted by atomic mass is 79.9. The third-order valence-corrected chi connectivity index (χ3v) is 3.57. The molecule has 2 aromatic carbocycles. The van der Waals surface area contributed by atoms with Gasteiger partial charge in [-0.05, 0) is 59.2 Å². The molecule has 0 saturated heterocycles. The van der Waals surface area contributed by atoms with Crippen molar-refractivity contribution in [2.45, 2.75) is 13.0 Å². The van der Waals surface area contributed by atoms with Crippen molar-refractivity contribution in [2.24, 2.45) is 0 Å². The molecule has 0 aromatic heterocycles. The minimum atomic E-state index is 0.592. The summed E-state index contributed by atoms with van der Waals surface area (Å²) >= 11 is 3.48. The summed E-state index contributed by atoms with van der Waals surface area (Å²) in [6.45, 7) is 1.60. The van der Waals surface area contributed by atoms with E-state index in [4.69, 9.17) is 4.74 Å². The molecule has 0 bridgehead atoms. The summed E-state index contributed by atoms with van der Waals surface area (Å²) in [5.74, 6) is 0.877. The van der Waals surface area contributed by atoms with Crippen LogP contribution in [-0.4, -0.2) is 13.6 Å². The van der Waals surface area contributed by atoms with E-state index in [9.17, 15) is 0 Å². The lowest BCUT2D eigenvalue weighted by Gasteiger charge is -2.08. The number of nitrogens with one attached hydrogen (secondary N) is 1. The van der Waals surface area contributed by atoms with Gasteiger partial charge in [-0.25, -0.2) is 0 Å². The van der Waals surface area contributed by atoms with Crippen LogP contribution in [0.3, 0.4) is 0 Å². The van der Waals surface area contributed by atoms with Crippen molar-refractivity contribution in [3.63, 3.8) is 0 Å². The van der Waals surface area contributed by atoms with Crippen LogP contribution in [0.25, 0.3) is 0 Å². The zero-order valence-corrected chi connectivity index (χ0v) is 12.6. The van der Waals surface area contributed by atoms with Crippen LogP contribution in [0.15, 0.2) is 53.0 Å². The van der Waals surface area contributed by atoms with E-state index in [1.807, 2.05) is 31.3 Å². The van der Waals surface area contributed by atoms with Gasteiger partial charge in [0.2, 0.25) is 0 Å². The smallest absolute Gasteiger partial charge is 0.133 e. The number of halogens is 1. The molecule has 2 nitrogen and oxygen atoms in total. The lowest BCUT2D eigenvalue weighted by Crippen LogP contribution is -2.10. The Hall–Kier alpha value is -1.32. The first-order valence-corrected chi connectivity index (χ1v) is 7.18. The zero-order valence-electron chi connectivity index (χ0n) is 11.0. The monoisotopic (exact) mass is 319 g/mol. The van der Waals surface area contributed by atoms with Crippen molar-refractivity contribution in [2.75, 3.05) is 13.6 Å². The second-order valence-electron chi connectivity index (χ2n) is 4.39. The van der Waals surface area contributed by atoms with Crippen molar-refractivity contribution >= 4 is 15.9 Å². The SMILES string of the molecule is CNCCc1ccc(COc2ccccc2Br)cc1. The van der Waals surface area contributed by atoms with Crippen LogP contribution < -0.4 is 10.1 Å². The molecular formula is C16H18BrNO. The number of rotatable bonds is 6. The van der Waals surface area contributed by atoms with Gasteiger partial charge in [0, 0.05) is 0 Å². The van der Waals surface area contributed by atoms with Crippen molar-refractivity contribution < 1.29 is 4.74 Å². The molecule has 2 rings (SSSR count). The first kappa shape index (κ1) is 14.1. The molecule has 0 aliphatic heterocycles. The lowest BCUT2D eigenvalue weighted by molar-refractivity contribution is 0.304. The number of hydrogen-bond donors (Lipinski definition) is 1. The molecule has 0 heterocycles. The van der Waals surface area contributed by atoms with Crippen LogP contribution in [0.1, 0.15) is 11.1 Å². The highest BCUT2D eigenvalue weighted by Crippen LogP contribution is 2.24. The van der Waals surface area contributed by atoms with Crippen LogP contribution >= 0.6 is 15.9 Å². The van der Waals surface area contributed by atoms with E-state index in [1.165, 1.54) is 11.1 Å². The Bertz CT molecular complexity index is 510. The quantitative estimate of drug-likeness (QED) is 0.874. The van der Waals surface area contributed by atoms with E-state index in [0.717, 1.165) is 23.2 Å². The molecular weight excluding hydrogens is 302 g/mol. The first-order chi connectivity index (χ1) is 9.29. The average Bonchev–Trinajstić information content (AvgIpc) is 2.45. The summed E-state index contributed by atoms with van der Waals surface area (Å²) in [5, 5.41) is 3.15.